The molecule has 0 atom stereocenters. The molecule has 0 aliphatic rings. The fourth-order valence-electron chi connectivity index (χ4n) is 1.63. The lowest BCUT2D eigenvalue weighted by Crippen LogP contribution is -2.06. The molecule has 0 heterocycles. The van der Waals surface area contributed by atoms with Crippen molar-refractivity contribution in [3.8, 4) is 0 Å². The molecule has 18 heavy (non-hydrogen) atoms. The maximum absolute atomic E-state index is 12.4. The molecule has 92 valence electrons. The van der Waals surface area contributed by atoms with Gasteiger partial charge in [-0.1, -0.05) is 12.1 Å². The van der Waals surface area contributed by atoms with Crippen molar-refractivity contribution in [2.75, 3.05) is 11.5 Å². The molecule has 2 aromatic rings. The molecular weight excluding hydrogens is 264 g/mol. The van der Waals surface area contributed by atoms with E-state index in [1.54, 1.807) is 36.4 Å². The molecule has 0 spiro atoms. The molecule has 0 aromatic heterocycles. The van der Waals surface area contributed by atoms with Gasteiger partial charge in [0.05, 0.1) is 0 Å². The Labute approximate surface area is 116 Å². The van der Waals surface area contributed by atoms with Gasteiger partial charge in [-0.25, -0.2) is 0 Å². The number of nitrogen functional groups attached to an aromatic ring is 2. The molecule has 0 saturated heterocycles. The summed E-state index contributed by atoms with van der Waals surface area (Å²) < 4.78 is 0. The standard InChI is InChI=1S/C13H12N2OS2/c14-9-5-1-3-7(12(9)17)11(16)8-4-2-6-10(15)13(8)18/h1-6,17-18H,14-15H2. The zero-order chi connectivity index (χ0) is 13.3. The molecule has 4 N–H and O–H groups in total. The van der Waals surface area contributed by atoms with Crippen LogP contribution < -0.4 is 11.5 Å². The van der Waals surface area contributed by atoms with Gasteiger partial charge in [0.1, 0.15) is 0 Å². The number of carbonyl (C=O) groups is 1. The predicted octanol–water partition coefficient (Wildman–Crippen LogP) is 2.66. The average Bonchev–Trinajstić information content (AvgIpc) is 2.35. The van der Waals surface area contributed by atoms with Crippen LogP contribution in [0, 0.1) is 0 Å². The SMILES string of the molecule is Nc1cccc(C(=O)c2cccc(N)c2S)c1S. The fourth-order valence-corrected chi connectivity index (χ4v) is 2.14. The topological polar surface area (TPSA) is 69.1 Å². The Kier molecular flexibility index (Phi) is 3.54. The maximum atomic E-state index is 12.4. The Morgan fingerprint density at radius 3 is 1.61 bits per heavy atom. The average molecular weight is 276 g/mol. The predicted molar refractivity (Wildman–Crippen MR) is 79.6 cm³/mol. The summed E-state index contributed by atoms with van der Waals surface area (Å²) in [5.41, 5.74) is 13.3. The zero-order valence-electron chi connectivity index (χ0n) is 9.42. The van der Waals surface area contributed by atoms with E-state index in [0.717, 1.165) is 0 Å². The Morgan fingerprint density at radius 1 is 0.833 bits per heavy atom. The van der Waals surface area contributed by atoms with E-state index >= 15 is 0 Å². The minimum absolute atomic E-state index is 0.190. The summed E-state index contributed by atoms with van der Waals surface area (Å²) in [6.45, 7) is 0. The minimum atomic E-state index is -0.190. The molecular formula is C13H12N2OS2. The molecule has 2 rings (SSSR count). The van der Waals surface area contributed by atoms with Crippen molar-refractivity contribution in [2.24, 2.45) is 0 Å². The third kappa shape index (κ3) is 2.19. The number of carbonyl (C=O) groups excluding carboxylic acids is 1. The molecule has 0 fully saturated rings. The van der Waals surface area contributed by atoms with Gasteiger partial charge in [-0.2, -0.15) is 0 Å². The van der Waals surface area contributed by atoms with Crippen LogP contribution in [-0.2, 0) is 0 Å². The van der Waals surface area contributed by atoms with E-state index in [0.29, 0.717) is 32.3 Å². The van der Waals surface area contributed by atoms with Crippen LogP contribution in [0.15, 0.2) is 46.2 Å². The van der Waals surface area contributed by atoms with Crippen molar-refractivity contribution in [1.29, 1.82) is 0 Å². The highest BCUT2D eigenvalue weighted by molar-refractivity contribution is 7.80. The van der Waals surface area contributed by atoms with Gasteiger partial charge in [-0.3, -0.25) is 4.79 Å². The van der Waals surface area contributed by atoms with Crippen LogP contribution in [0.25, 0.3) is 0 Å². The Hall–Kier alpha value is -1.59. The van der Waals surface area contributed by atoms with Crippen molar-refractivity contribution in [3.63, 3.8) is 0 Å². The van der Waals surface area contributed by atoms with Crippen molar-refractivity contribution in [3.05, 3.63) is 47.5 Å². The smallest absolute Gasteiger partial charge is 0.195 e. The van der Waals surface area contributed by atoms with E-state index in [4.69, 9.17) is 11.5 Å². The first kappa shape index (κ1) is 12.9. The molecule has 0 saturated carbocycles. The number of anilines is 2. The summed E-state index contributed by atoms with van der Waals surface area (Å²) in [6.07, 6.45) is 0. The van der Waals surface area contributed by atoms with Crippen molar-refractivity contribution < 1.29 is 4.79 Å². The van der Waals surface area contributed by atoms with E-state index in [9.17, 15) is 4.79 Å². The summed E-state index contributed by atoms with van der Waals surface area (Å²) in [6, 6.07) is 10.2. The van der Waals surface area contributed by atoms with Crippen LogP contribution in [0.1, 0.15) is 15.9 Å². The van der Waals surface area contributed by atoms with Gasteiger partial charge in [0.25, 0.3) is 0 Å². The van der Waals surface area contributed by atoms with E-state index in [1.807, 2.05) is 0 Å². The molecule has 0 unspecified atom stereocenters. The summed E-state index contributed by atoms with van der Waals surface area (Å²) >= 11 is 8.52. The van der Waals surface area contributed by atoms with Gasteiger partial charge in [-0.05, 0) is 24.3 Å². The summed E-state index contributed by atoms with van der Waals surface area (Å²) in [4.78, 5) is 13.3. The third-order valence-electron chi connectivity index (χ3n) is 2.62. The van der Waals surface area contributed by atoms with Gasteiger partial charge in [-0.15, -0.1) is 25.3 Å². The first-order valence-electron chi connectivity index (χ1n) is 5.22. The monoisotopic (exact) mass is 276 g/mol. The molecule has 5 heteroatoms. The number of hydrogen-bond donors (Lipinski definition) is 4. The number of thiol groups is 2. The lowest BCUT2D eigenvalue weighted by atomic mass is 10.0. The van der Waals surface area contributed by atoms with E-state index in [-0.39, 0.29) is 5.78 Å². The zero-order valence-corrected chi connectivity index (χ0v) is 11.2. The van der Waals surface area contributed by atoms with Crippen LogP contribution in [0.3, 0.4) is 0 Å². The highest BCUT2D eigenvalue weighted by Crippen LogP contribution is 2.28. The minimum Gasteiger partial charge on any atom is -0.398 e. The number of nitrogens with two attached hydrogens (primary N) is 2. The first-order chi connectivity index (χ1) is 8.52. The molecule has 3 nitrogen and oxygen atoms in total. The van der Waals surface area contributed by atoms with Gasteiger partial charge < -0.3 is 11.5 Å². The van der Waals surface area contributed by atoms with Crippen LogP contribution in [0.4, 0.5) is 11.4 Å². The van der Waals surface area contributed by atoms with Crippen LogP contribution >= 0.6 is 25.3 Å². The second-order valence-electron chi connectivity index (χ2n) is 3.82. The summed E-state index contributed by atoms with van der Waals surface area (Å²) in [5.74, 6) is -0.190. The quantitative estimate of drug-likeness (QED) is 0.387. The lowest BCUT2D eigenvalue weighted by molar-refractivity contribution is 0.103. The van der Waals surface area contributed by atoms with Gasteiger partial charge >= 0.3 is 0 Å². The second kappa shape index (κ2) is 4.96. The molecule has 0 aliphatic carbocycles. The highest BCUT2D eigenvalue weighted by Gasteiger charge is 2.16. The summed E-state index contributed by atoms with van der Waals surface area (Å²) in [7, 11) is 0. The van der Waals surface area contributed by atoms with Gasteiger partial charge in [0.15, 0.2) is 5.78 Å². The van der Waals surface area contributed by atoms with Crippen LogP contribution in [-0.4, -0.2) is 5.78 Å². The van der Waals surface area contributed by atoms with Gasteiger partial charge in [0.2, 0.25) is 0 Å². The molecule has 0 amide bonds. The molecule has 0 aliphatic heterocycles. The van der Waals surface area contributed by atoms with Crippen molar-refractivity contribution in [1.82, 2.24) is 0 Å². The summed E-state index contributed by atoms with van der Waals surface area (Å²) in [5, 5.41) is 0. The largest absolute Gasteiger partial charge is 0.398 e. The number of ketones is 1. The normalized spacial score (nSPS) is 10.3. The fraction of sp³-hybridized carbons (Fsp3) is 0. The second-order valence-corrected chi connectivity index (χ2v) is 4.71. The van der Waals surface area contributed by atoms with E-state index in [1.165, 1.54) is 0 Å². The first-order valence-corrected chi connectivity index (χ1v) is 6.11. The third-order valence-corrected chi connectivity index (χ3v) is 3.62. The molecule has 0 radical (unpaired) electrons. The van der Waals surface area contributed by atoms with Gasteiger partial charge in [0, 0.05) is 32.3 Å². The highest BCUT2D eigenvalue weighted by atomic mass is 32.1. The van der Waals surface area contributed by atoms with Crippen molar-refractivity contribution in [2.45, 2.75) is 9.79 Å². The Morgan fingerprint density at radius 2 is 1.22 bits per heavy atom. The number of benzene rings is 2. The van der Waals surface area contributed by atoms with Crippen LogP contribution in [0.5, 0.6) is 0 Å². The number of hydrogen-bond acceptors (Lipinski definition) is 5. The molecule has 0 bridgehead atoms. The van der Waals surface area contributed by atoms with E-state index in [2.05, 4.69) is 25.3 Å². The Balaban J connectivity index is 2.55. The lowest BCUT2D eigenvalue weighted by Gasteiger charge is -2.09. The Bertz CT molecular complexity index is 573. The van der Waals surface area contributed by atoms with Crippen LogP contribution in [0.2, 0.25) is 0 Å². The number of rotatable bonds is 2. The molecule has 2 aromatic carbocycles. The van der Waals surface area contributed by atoms with Crippen molar-refractivity contribution >= 4 is 42.4 Å². The maximum Gasteiger partial charge on any atom is 0.195 e. The van der Waals surface area contributed by atoms with E-state index < -0.39 is 0 Å².